The summed E-state index contributed by atoms with van der Waals surface area (Å²) in [4.78, 5) is 0. The maximum Gasteiger partial charge on any atom is 0.190 e. The highest BCUT2D eigenvalue weighted by atomic mass is 16.8. The first-order valence-electron chi connectivity index (χ1n) is 8.29. The van der Waals surface area contributed by atoms with E-state index < -0.39 is 17.9 Å². The molecule has 134 valence electrons. The van der Waals surface area contributed by atoms with Crippen molar-refractivity contribution in [1.82, 2.24) is 0 Å². The number of fused-ring (bicyclic) bond motifs is 1. The van der Waals surface area contributed by atoms with Crippen LogP contribution in [0.5, 0.6) is 0 Å². The van der Waals surface area contributed by atoms with E-state index in [1.807, 2.05) is 33.8 Å². The molecule has 0 amide bonds. The van der Waals surface area contributed by atoms with E-state index in [9.17, 15) is 0 Å². The van der Waals surface area contributed by atoms with Crippen LogP contribution < -0.4 is 0 Å². The highest BCUT2D eigenvalue weighted by Crippen LogP contribution is 2.42. The number of hydrogen-bond acceptors (Lipinski definition) is 7. The van der Waals surface area contributed by atoms with Crippen molar-refractivity contribution >= 4 is 0 Å². The lowest BCUT2D eigenvalue weighted by Gasteiger charge is -2.29. The summed E-state index contributed by atoms with van der Waals surface area (Å²) in [6, 6.07) is 1.87. The number of rotatable bonds is 4. The molecule has 3 fully saturated rings. The Bertz CT molecular complexity index is 568. The zero-order valence-corrected chi connectivity index (χ0v) is 14.4. The van der Waals surface area contributed by atoms with E-state index in [1.54, 1.807) is 12.5 Å². The Balaban J connectivity index is 1.50. The molecule has 0 aromatic carbocycles. The largest absolute Gasteiger partial charge is 0.472 e. The van der Waals surface area contributed by atoms with Crippen LogP contribution in [0.1, 0.15) is 33.3 Å². The summed E-state index contributed by atoms with van der Waals surface area (Å²) >= 11 is 0. The van der Waals surface area contributed by atoms with E-state index in [1.165, 1.54) is 0 Å². The molecular weight excluding hydrogens is 316 g/mol. The minimum absolute atomic E-state index is 0.227. The Morgan fingerprint density at radius 3 is 2.58 bits per heavy atom. The fourth-order valence-corrected chi connectivity index (χ4v) is 3.44. The zero-order chi connectivity index (χ0) is 16.9. The lowest BCUT2D eigenvalue weighted by molar-refractivity contribution is -0.236. The normalized spacial score (nSPS) is 40.1. The van der Waals surface area contributed by atoms with Crippen molar-refractivity contribution < 1.29 is 32.8 Å². The van der Waals surface area contributed by atoms with Gasteiger partial charge in [-0.05, 0) is 33.8 Å². The van der Waals surface area contributed by atoms with E-state index in [2.05, 4.69) is 0 Å². The van der Waals surface area contributed by atoms with Gasteiger partial charge in [-0.25, -0.2) is 0 Å². The van der Waals surface area contributed by atoms with Gasteiger partial charge in [-0.15, -0.1) is 0 Å². The highest BCUT2D eigenvalue weighted by molar-refractivity contribution is 5.05. The van der Waals surface area contributed by atoms with Crippen molar-refractivity contribution in [1.29, 1.82) is 0 Å². The van der Waals surface area contributed by atoms with Crippen LogP contribution in [0.25, 0.3) is 0 Å². The van der Waals surface area contributed by atoms with Gasteiger partial charge in [0.05, 0.1) is 25.7 Å². The smallest absolute Gasteiger partial charge is 0.190 e. The fraction of sp³-hybridized carbons (Fsp3) is 0.765. The van der Waals surface area contributed by atoms with Crippen LogP contribution in [0.3, 0.4) is 0 Å². The molecule has 3 aliphatic heterocycles. The summed E-state index contributed by atoms with van der Waals surface area (Å²) in [7, 11) is 0. The van der Waals surface area contributed by atoms with Crippen LogP contribution in [-0.4, -0.2) is 48.9 Å². The maximum absolute atomic E-state index is 6.12. The van der Waals surface area contributed by atoms with Crippen LogP contribution >= 0.6 is 0 Å². The maximum atomic E-state index is 6.12. The highest BCUT2D eigenvalue weighted by Gasteiger charge is 2.58. The quantitative estimate of drug-likeness (QED) is 0.832. The topological polar surface area (TPSA) is 68.5 Å². The summed E-state index contributed by atoms with van der Waals surface area (Å²) in [5.41, 5.74) is 0.958. The first kappa shape index (κ1) is 16.5. The summed E-state index contributed by atoms with van der Waals surface area (Å²) in [6.45, 7) is 8.38. The molecule has 4 heterocycles. The molecule has 0 radical (unpaired) electrons. The van der Waals surface area contributed by atoms with Gasteiger partial charge < -0.3 is 32.8 Å². The molecule has 5 atom stereocenters. The van der Waals surface area contributed by atoms with Crippen LogP contribution in [0.15, 0.2) is 23.0 Å². The first-order valence-corrected chi connectivity index (χ1v) is 8.29. The number of furan rings is 1. The molecule has 7 heteroatoms. The Labute approximate surface area is 141 Å². The Kier molecular flexibility index (Phi) is 3.98. The molecule has 0 spiro atoms. The minimum atomic E-state index is -0.691. The third kappa shape index (κ3) is 3.12. The average molecular weight is 340 g/mol. The Morgan fingerprint density at radius 1 is 1.08 bits per heavy atom. The second kappa shape index (κ2) is 5.79. The van der Waals surface area contributed by atoms with Gasteiger partial charge >= 0.3 is 0 Å². The van der Waals surface area contributed by atoms with Crippen LogP contribution in [0.4, 0.5) is 0 Å². The summed E-state index contributed by atoms with van der Waals surface area (Å²) in [6.07, 6.45) is 1.67. The van der Waals surface area contributed by atoms with Gasteiger partial charge in [0, 0.05) is 5.56 Å². The van der Waals surface area contributed by atoms with Gasteiger partial charge in [0.2, 0.25) is 0 Å². The summed E-state index contributed by atoms with van der Waals surface area (Å²) in [5.74, 6) is -1.31. The monoisotopic (exact) mass is 340 g/mol. The minimum Gasteiger partial charge on any atom is -0.472 e. The van der Waals surface area contributed by atoms with Crippen molar-refractivity contribution in [3.63, 3.8) is 0 Å². The molecule has 3 saturated heterocycles. The molecule has 0 unspecified atom stereocenters. The van der Waals surface area contributed by atoms with Crippen molar-refractivity contribution in [2.24, 2.45) is 0 Å². The van der Waals surface area contributed by atoms with Crippen molar-refractivity contribution in [2.75, 3.05) is 6.61 Å². The third-order valence-electron chi connectivity index (χ3n) is 4.45. The number of hydrogen-bond donors (Lipinski definition) is 0. The summed E-state index contributed by atoms with van der Waals surface area (Å²) in [5, 5.41) is 0. The van der Waals surface area contributed by atoms with Crippen LogP contribution in [0, 0.1) is 0 Å². The third-order valence-corrected chi connectivity index (χ3v) is 4.45. The standard InChI is InChI=1S/C17H24O7/c1-16(2)20-9-11(22-16)12-13(19-8-10-5-6-18-7-10)14-15(21-12)24-17(3,4)23-14/h5-7,11-15H,8-9H2,1-4H3/t11-,12-,13+,14-,15-/m1/s1. The predicted molar refractivity (Wildman–Crippen MR) is 80.9 cm³/mol. The van der Waals surface area contributed by atoms with Crippen molar-refractivity contribution in [2.45, 2.75) is 76.6 Å². The van der Waals surface area contributed by atoms with Gasteiger partial charge in [-0.3, -0.25) is 0 Å². The molecule has 0 saturated carbocycles. The molecule has 0 bridgehead atoms. The van der Waals surface area contributed by atoms with Crippen molar-refractivity contribution in [3.8, 4) is 0 Å². The van der Waals surface area contributed by atoms with Gasteiger partial charge in [-0.2, -0.15) is 0 Å². The van der Waals surface area contributed by atoms with E-state index in [4.69, 9.17) is 32.8 Å². The molecule has 0 aliphatic carbocycles. The first-order chi connectivity index (χ1) is 11.3. The summed E-state index contributed by atoms with van der Waals surface area (Å²) < 4.78 is 40.8. The van der Waals surface area contributed by atoms with E-state index in [-0.39, 0.29) is 24.4 Å². The van der Waals surface area contributed by atoms with Gasteiger partial charge in [-0.1, -0.05) is 0 Å². The fourth-order valence-electron chi connectivity index (χ4n) is 3.44. The van der Waals surface area contributed by atoms with E-state index >= 15 is 0 Å². The molecule has 0 N–H and O–H groups in total. The lowest BCUT2D eigenvalue weighted by atomic mass is 10.1. The molecule has 7 nitrogen and oxygen atoms in total. The van der Waals surface area contributed by atoms with Crippen molar-refractivity contribution in [3.05, 3.63) is 24.2 Å². The van der Waals surface area contributed by atoms with Gasteiger partial charge in [0.15, 0.2) is 17.9 Å². The average Bonchev–Trinajstić information content (AvgIpc) is 3.21. The van der Waals surface area contributed by atoms with Gasteiger partial charge in [0.1, 0.15) is 24.4 Å². The number of ether oxygens (including phenoxy) is 6. The molecule has 3 aliphatic rings. The van der Waals surface area contributed by atoms with Gasteiger partial charge in [0.25, 0.3) is 0 Å². The molecule has 4 rings (SSSR count). The molecular formula is C17H24O7. The van der Waals surface area contributed by atoms with Crippen LogP contribution in [0.2, 0.25) is 0 Å². The molecule has 1 aromatic heterocycles. The SMILES string of the molecule is CC1(C)O[C@H]2O[C@H]([C@H]3COC(C)(C)O3)[C@H](OCc3ccoc3)[C@H]2O1. The Hall–Kier alpha value is -0.960. The zero-order valence-electron chi connectivity index (χ0n) is 14.4. The Morgan fingerprint density at radius 2 is 1.92 bits per heavy atom. The molecule has 24 heavy (non-hydrogen) atoms. The van der Waals surface area contributed by atoms with E-state index in [0.29, 0.717) is 13.2 Å². The second-order valence-corrected chi connectivity index (χ2v) is 7.34. The van der Waals surface area contributed by atoms with E-state index in [0.717, 1.165) is 5.56 Å². The predicted octanol–water partition coefficient (Wildman–Crippen LogP) is 2.19. The second-order valence-electron chi connectivity index (χ2n) is 7.34. The lowest BCUT2D eigenvalue weighted by Crippen LogP contribution is -2.44. The van der Waals surface area contributed by atoms with Crippen LogP contribution in [-0.2, 0) is 35.0 Å². The molecule has 1 aromatic rings.